The monoisotopic (exact) mass is 381 g/mol. The van der Waals surface area contributed by atoms with Crippen LogP contribution < -0.4 is 5.32 Å². The lowest BCUT2D eigenvalue weighted by Gasteiger charge is -2.45. The van der Waals surface area contributed by atoms with E-state index in [1.807, 2.05) is 17.0 Å². The summed E-state index contributed by atoms with van der Waals surface area (Å²) in [4.78, 5) is 10.0. The van der Waals surface area contributed by atoms with Gasteiger partial charge in [-0.05, 0) is 24.4 Å². The Morgan fingerprint density at radius 1 is 1.36 bits per heavy atom. The number of piperazine rings is 1. The lowest BCUT2D eigenvalue weighted by Crippen LogP contribution is -2.55. The summed E-state index contributed by atoms with van der Waals surface area (Å²) in [6.45, 7) is 8.67. The number of likely N-dealkylation sites (N-methyl/N-ethyl adjacent to an activating group) is 1. The molecule has 8 heteroatoms. The van der Waals surface area contributed by atoms with Gasteiger partial charge in [-0.25, -0.2) is 4.98 Å². The number of imidazole rings is 1. The van der Waals surface area contributed by atoms with E-state index in [4.69, 9.17) is 23.8 Å². The molecule has 136 valence electrons. The van der Waals surface area contributed by atoms with Gasteiger partial charge in [-0.3, -0.25) is 0 Å². The second-order valence-corrected chi connectivity index (χ2v) is 8.64. The molecule has 0 atom stereocenters. The Bertz CT molecular complexity index is 801. The zero-order valence-electron chi connectivity index (χ0n) is 15.0. The van der Waals surface area contributed by atoms with E-state index in [1.165, 1.54) is 0 Å². The van der Waals surface area contributed by atoms with E-state index in [0.717, 1.165) is 22.5 Å². The van der Waals surface area contributed by atoms with E-state index in [-0.39, 0.29) is 10.1 Å². The minimum Gasteiger partial charge on any atom is -0.633 e. The number of aromatic amines is 1. The molecule has 0 radical (unpaired) electrons. The fourth-order valence-electron chi connectivity index (χ4n) is 2.77. The van der Waals surface area contributed by atoms with E-state index in [1.54, 1.807) is 7.05 Å². The van der Waals surface area contributed by atoms with Crippen molar-refractivity contribution in [3.05, 3.63) is 28.2 Å². The van der Waals surface area contributed by atoms with Crippen molar-refractivity contribution in [3.63, 3.8) is 0 Å². The Morgan fingerprint density at radius 2 is 2.00 bits per heavy atom. The number of nitrogens with one attached hydrogen (secondary N) is 2. The molecule has 2 aromatic rings. The molecule has 3 rings (SSSR count). The molecule has 0 bridgehead atoms. The number of halogens is 1. The van der Waals surface area contributed by atoms with Crippen LogP contribution in [0.15, 0.2) is 12.1 Å². The molecule has 1 saturated heterocycles. The largest absolute Gasteiger partial charge is 0.633 e. The molecule has 0 amide bonds. The van der Waals surface area contributed by atoms with Gasteiger partial charge in [-0.15, -0.1) is 0 Å². The molecule has 0 saturated carbocycles. The average molecular weight is 382 g/mol. The quantitative estimate of drug-likeness (QED) is 0.449. The van der Waals surface area contributed by atoms with Crippen molar-refractivity contribution in [1.82, 2.24) is 14.9 Å². The van der Waals surface area contributed by atoms with Gasteiger partial charge in [0, 0.05) is 5.41 Å². The maximum absolute atomic E-state index is 11.9. The summed E-state index contributed by atoms with van der Waals surface area (Å²) in [6.07, 6.45) is 0. The van der Waals surface area contributed by atoms with Crippen molar-refractivity contribution in [3.8, 4) is 0 Å². The highest BCUT2D eigenvalue weighted by Crippen LogP contribution is 2.30. The van der Waals surface area contributed by atoms with E-state index in [9.17, 15) is 5.21 Å². The number of nitrogens with zero attached hydrogens (tertiary/aromatic N) is 3. The van der Waals surface area contributed by atoms with Crippen molar-refractivity contribution in [2.24, 2.45) is 0 Å². The molecular formula is C17H24ClN5OS. The first kappa shape index (κ1) is 18.4. The van der Waals surface area contributed by atoms with Crippen LogP contribution in [0.4, 0.5) is 5.69 Å². The molecule has 25 heavy (non-hydrogen) atoms. The van der Waals surface area contributed by atoms with Crippen LogP contribution in [0.2, 0.25) is 5.02 Å². The number of hydroxylamine groups is 3. The second kappa shape index (κ2) is 6.39. The van der Waals surface area contributed by atoms with Gasteiger partial charge in [0.1, 0.15) is 5.82 Å². The first-order valence-electron chi connectivity index (χ1n) is 8.36. The van der Waals surface area contributed by atoms with Crippen molar-refractivity contribution < 1.29 is 4.65 Å². The first-order valence-corrected chi connectivity index (χ1v) is 9.15. The second-order valence-electron chi connectivity index (χ2n) is 7.85. The van der Waals surface area contributed by atoms with Gasteiger partial charge in [0.25, 0.3) is 0 Å². The van der Waals surface area contributed by atoms with Gasteiger partial charge in [0.05, 0.1) is 55.0 Å². The third-order valence-electron chi connectivity index (χ3n) is 4.50. The van der Waals surface area contributed by atoms with E-state index in [0.29, 0.717) is 36.3 Å². The molecule has 6 nitrogen and oxygen atoms in total. The molecule has 1 fully saturated rings. The Kier molecular flexibility index (Phi) is 4.70. The molecule has 0 aliphatic carbocycles. The number of hydrogen-bond donors (Lipinski definition) is 2. The van der Waals surface area contributed by atoms with E-state index < -0.39 is 0 Å². The lowest BCUT2D eigenvalue weighted by atomic mass is 9.96. The Balaban J connectivity index is 1.79. The summed E-state index contributed by atoms with van der Waals surface area (Å²) in [5, 5.41) is 16.3. The molecule has 0 unspecified atom stereocenters. The van der Waals surface area contributed by atoms with Gasteiger partial charge in [0.2, 0.25) is 0 Å². The number of rotatable bonds is 1. The van der Waals surface area contributed by atoms with E-state index in [2.05, 4.69) is 36.1 Å². The van der Waals surface area contributed by atoms with Crippen molar-refractivity contribution in [1.29, 1.82) is 0 Å². The third-order valence-corrected chi connectivity index (χ3v) is 5.17. The summed E-state index contributed by atoms with van der Waals surface area (Å²) in [7, 11) is 1.70. The van der Waals surface area contributed by atoms with Crippen LogP contribution in [0, 0.1) is 5.21 Å². The predicted molar refractivity (Wildman–Crippen MR) is 107 cm³/mol. The topological polar surface area (TPSA) is 67.0 Å². The number of hydrogen-bond acceptors (Lipinski definition) is 3. The van der Waals surface area contributed by atoms with Gasteiger partial charge < -0.3 is 25.1 Å². The van der Waals surface area contributed by atoms with Crippen molar-refractivity contribution in [2.75, 3.05) is 38.5 Å². The van der Waals surface area contributed by atoms with Crippen LogP contribution in [-0.4, -0.2) is 57.9 Å². The summed E-state index contributed by atoms with van der Waals surface area (Å²) in [5.74, 6) is 0.918. The normalized spacial score (nSPS) is 17.8. The molecule has 1 aliphatic rings. The fourth-order valence-corrected chi connectivity index (χ4v) is 3.27. The molecule has 1 aromatic heterocycles. The summed E-state index contributed by atoms with van der Waals surface area (Å²) in [5.41, 5.74) is 2.42. The maximum Gasteiger partial charge on any atom is 0.173 e. The third kappa shape index (κ3) is 4.06. The molecular weight excluding hydrogens is 358 g/mol. The Hall–Kier alpha value is -1.41. The number of anilines is 1. The van der Waals surface area contributed by atoms with Crippen LogP contribution >= 0.6 is 23.8 Å². The van der Waals surface area contributed by atoms with Crippen LogP contribution in [0.25, 0.3) is 11.0 Å². The van der Waals surface area contributed by atoms with Crippen molar-refractivity contribution >= 4 is 45.7 Å². The SMILES string of the molecule is CC(C)(C)c1nc2cc(NC(=S)N3CC[N+](C)([O-])CC3)c(Cl)cc2[nH]1. The average Bonchev–Trinajstić information content (AvgIpc) is 2.90. The van der Waals surface area contributed by atoms with Crippen LogP contribution in [0.5, 0.6) is 0 Å². The molecule has 0 spiro atoms. The Morgan fingerprint density at radius 3 is 2.60 bits per heavy atom. The van der Waals surface area contributed by atoms with Crippen LogP contribution in [0.3, 0.4) is 0 Å². The smallest absolute Gasteiger partial charge is 0.173 e. The minimum atomic E-state index is -0.214. The number of benzene rings is 1. The van der Waals surface area contributed by atoms with Crippen molar-refractivity contribution in [2.45, 2.75) is 26.2 Å². The predicted octanol–water partition coefficient (Wildman–Crippen LogP) is 3.47. The lowest BCUT2D eigenvalue weighted by molar-refractivity contribution is -0.864. The first-order chi connectivity index (χ1) is 11.5. The molecule has 1 aliphatic heterocycles. The van der Waals surface area contributed by atoms with Gasteiger partial charge in [0.15, 0.2) is 5.11 Å². The number of fused-ring (bicyclic) bond motifs is 1. The zero-order chi connectivity index (χ0) is 18.4. The number of aromatic nitrogens is 2. The minimum absolute atomic E-state index is 0.0641. The summed E-state index contributed by atoms with van der Waals surface area (Å²) < 4.78 is -0.214. The van der Waals surface area contributed by atoms with Gasteiger partial charge in [-0.1, -0.05) is 32.4 Å². The number of quaternary nitrogens is 1. The summed E-state index contributed by atoms with van der Waals surface area (Å²) >= 11 is 11.9. The highest BCUT2D eigenvalue weighted by atomic mass is 35.5. The van der Waals surface area contributed by atoms with Gasteiger partial charge in [-0.2, -0.15) is 0 Å². The number of H-pyrrole nitrogens is 1. The highest BCUT2D eigenvalue weighted by molar-refractivity contribution is 7.80. The Labute approximate surface area is 158 Å². The fraction of sp³-hybridized carbons (Fsp3) is 0.529. The van der Waals surface area contributed by atoms with Gasteiger partial charge >= 0.3 is 0 Å². The zero-order valence-corrected chi connectivity index (χ0v) is 16.6. The highest BCUT2D eigenvalue weighted by Gasteiger charge is 2.24. The molecule has 2 N–H and O–H groups in total. The van der Waals surface area contributed by atoms with Crippen LogP contribution in [-0.2, 0) is 5.41 Å². The summed E-state index contributed by atoms with van der Waals surface area (Å²) in [6, 6.07) is 3.78. The van der Waals surface area contributed by atoms with E-state index >= 15 is 0 Å². The maximum atomic E-state index is 11.9. The standard InChI is InChI=1S/C17H24ClN5OS/c1-17(2,3)15-19-13-9-11(18)12(10-14(13)20-15)21-16(25)22-5-7-23(4,24)8-6-22/h9-10H,5-8H2,1-4H3,(H,19,20)(H,21,25). The number of thiocarbonyl (C=S) groups is 1. The molecule has 1 aromatic carbocycles. The molecule has 2 heterocycles. The van der Waals surface area contributed by atoms with Crippen LogP contribution in [0.1, 0.15) is 26.6 Å².